The van der Waals surface area contributed by atoms with Gasteiger partial charge in [-0.2, -0.15) is 0 Å². The lowest BCUT2D eigenvalue weighted by Gasteiger charge is -2.35. The minimum Gasteiger partial charge on any atom is -0.493 e. The number of hydrogen-bond donors (Lipinski definition) is 0. The molecule has 152 valence electrons. The average molecular weight is 398 g/mol. The number of amides is 1. The Morgan fingerprint density at radius 2 is 1.86 bits per heavy atom. The van der Waals surface area contributed by atoms with E-state index in [1.807, 2.05) is 23.1 Å². The molecule has 4 rings (SSSR count). The number of ether oxygens (including phenoxy) is 3. The van der Waals surface area contributed by atoms with Gasteiger partial charge < -0.3 is 24.0 Å². The molecule has 2 aliphatic heterocycles. The van der Waals surface area contributed by atoms with Crippen LogP contribution in [0.1, 0.15) is 5.56 Å². The van der Waals surface area contributed by atoms with Crippen LogP contribution in [0, 0.1) is 5.82 Å². The van der Waals surface area contributed by atoms with Crippen LogP contribution in [-0.4, -0.2) is 57.3 Å². The van der Waals surface area contributed by atoms with Gasteiger partial charge in [0.15, 0.2) is 11.5 Å². The van der Waals surface area contributed by atoms with Crippen molar-refractivity contribution in [3.05, 3.63) is 53.9 Å². The smallest absolute Gasteiger partial charge is 0.246 e. The molecule has 2 aliphatic rings. The monoisotopic (exact) mass is 398 g/mol. The topological polar surface area (TPSA) is 51.2 Å². The van der Waals surface area contributed by atoms with Crippen molar-refractivity contribution in [1.29, 1.82) is 0 Å². The molecule has 0 N–H and O–H groups in total. The molecule has 1 fully saturated rings. The first-order chi connectivity index (χ1) is 14.2. The normalized spacial score (nSPS) is 16.2. The van der Waals surface area contributed by atoms with Crippen molar-refractivity contribution in [1.82, 2.24) is 4.90 Å². The van der Waals surface area contributed by atoms with E-state index in [4.69, 9.17) is 14.2 Å². The highest BCUT2D eigenvalue weighted by atomic mass is 19.1. The van der Waals surface area contributed by atoms with Gasteiger partial charge in [-0.25, -0.2) is 4.39 Å². The summed E-state index contributed by atoms with van der Waals surface area (Å²) >= 11 is 0. The third-order valence-electron chi connectivity index (χ3n) is 5.05. The number of anilines is 1. The van der Waals surface area contributed by atoms with Crippen LogP contribution in [-0.2, 0) is 4.79 Å². The van der Waals surface area contributed by atoms with Gasteiger partial charge in [-0.1, -0.05) is 12.1 Å². The Hall–Kier alpha value is -3.22. The Labute approximate surface area is 169 Å². The molecule has 0 aromatic heterocycles. The number of hydrogen-bond acceptors (Lipinski definition) is 5. The summed E-state index contributed by atoms with van der Waals surface area (Å²) < 4.78 is 30.5. The second-order valence-electron chi connectivity index (χ2n) is 6.84. The van der Waals surface area contributed by atoms with Gasteiger partial charge in [-0.3, -0.25) is 4.79 Å². The van der Waals surface area contributed by atoms with E-state index in [0.29, 0.717) is 62.3 Å². The molecule has 1 saturated heterocycles. The van der Waals surface area contributed by atoms with E-state index in [0.717, 1.165) is 5.56 Å². The maximum atomic E-state index is 14.0. The van der Waals surface area contributed by atoms with Crippen LogP contribution in [0.25, 0.3) is 6.08 Å². The van der Waals surface area contributed by atoms with Crippen molar-refractivity contribution in [2.75, 3.05) is 51.4 Å². The van der Waals surface area contributed by atoms with Crippen molar-refractivity contribution in [3.63, 3.8) is 0 Å². The molecule has 2 aromatic carbocycles. The van der Waals surface area contributed by atoms with Gasteiger partial charge in [0.05, 0.1) is 12.8 Å². The highest BCUT2D eigenvalue weighted by Gasteiger charge is 2.22. The van der Waals surface area contributed by atoms with Crippen molar-refractivity contribution in [3.8, 4) is 17.2 Å². The van der Waals surface area contributed by atoms with E-state index in [2.05, 4.69) is 0 Å². The molecular formula is C22H23FN2O4. The number of nitrogens with zero attached hydrogens (tertiary/aromatic N) is 2. The van der Waals surface area contributed by atoms with Crippen LogP contribution < -0.4 is 19.1 Å². The zero-order chi connectivity index (χ0) is 20.2. The second-order valence-corrected chi connectivity index (χ2v) is 6.84. The standard InChI is InChI=1S/C22H23FN2O4/c1-27-19-14-16(15-20-22(19)29-13-12-28-20)6-7-21(26)25-10-8-24(9-11-25)18-5-3-2-4-17(18)23/h2-7,14-15H,8-13H2,1H3/b7-6+. The molecule has 0 spiro atoms. The first-order valence-electron chi connectivity index (χ1n) is 9.60. The Morgan fingerprint density at radius 1 is 1.10 bits per heavy atom. The lowest BCUT2D eigenvalue weighted by molar-refractivity contribution is -0.126. The highest BCUT2D eigenvalue weighted by Crippen LogP contribution is 2.40. The minimum atomic E-state index is -0.236. The van der Waals surface area contributed by atoms with Crippen molar-refractivity contribution < 1.29 is 23.4 Å². The number of rotatable bonds is 4. The predicted molar refractivity (Wildman–Crippen MR) is 108 cm³/mol. The molecule has 29 heavy (non-hydrogen) atoms. The first kappa shape index (κ1) is 19.1. The molecule has 0 atom stereocenters. The molecule has 6 nitrogen and oxygen atoms in total. The summed E-state index contributed by atoms with van der Waals surface area (Å²) in [6.45, 7) is 3.24. The molecule has 0 radical (unpaired) electrons. The van der Waals surface area contributed by atoms with Crippen molar-refractivity contribution in [2.45, 2.75) is 0 Å². The number of carbonyl (C=O) groups excluding carboxylic acids is 1. The third-order valence-corrected chi connectivity index (χ3v) is 5.05. The summed E-state index contributed by atoms with van der Waals surface area (Å²) in [5, 5.41) is 0. The van der Waals surface area contributed by atoms with Crippen LogP contribution in [0.15, 0.2) is 42.5 Å². The van der Waals surface area contributed by atoms with Gasteiger partial charge in [0.2, 0.25) is 11.7 Å². The maximum Gasteiger partial charge on any atom is 0.246 e. The average Bonchev–Trinajstić information content (AvgIpc) is 2.77. The van der Waals surface area contributed by atoms with E-state index >= 15 is 0 Å². The summed E-state index contributed by atoms with van der Waals surface area (Å²) in [7, 11) is 1.57. The molecule has 0 aliphatic carbocycles. The summed E-state index contributed by atoms with van der Waals surface area (Å²) in [6.07, 6.45) is 3.29. The number of fused-ring (bicyclic) bond motifs is 1. The van der Waals surface area contributed by atoms with Crippen molar-refractivity contribution in [2.24, 2.45) is 0 Å². The summed E-state index contributed by atoms with van der Waals surface area (Å²) in [4.78, 5) is 16.3. The highest BCUT2D eigenvalue weighted by molar-refractivity contribution is 5.92. The predicted octanol–water partition coefficient (Wildman–Crippen LogP) is 2.97. The lowest BCUT2D eigenvalue weighted by atomic mass is 10.1. The van der Waals surface area contributed by atoms with E-state index in [1.54, 1.807) is 36.3 Å². The number of carbonyl (C=O) groups is 1. The molecule has 0 bridgehead atoms. The van der Waals surface area contributed by atoms with Gasteiger partial charge in [-0.05, 0) is 35.9 Å². The lowest BCUT2D eigenvalue weighted by Crippen LogP contribution is -2.48. The quantitative estimate of drug-likeness (QED) is 0.742. The van der Waals surface area contributed by atoms with Crippen LogP contribution in [0.5, 0.6) is 17.2 Å². The van der Waals surface area contributed by atoms with E-state index < -0.39 is 0 Å². The summed E-state index contributed by atoms with van der Waals surface area (Å²) in [5.74, 6) is 1.47. The Morgan fingerprint density at radius 3 is 2.62 bits per heavy atom. The number of piperazine rings is 1. The van der Waals surface area contributed by atoms with Crippen LogP contribution >= 0.6 is 0 Å². The summed E-state index contributed by atoms with van der Waals surface area (Å²) in [6, 6.07) is 10.4. The molecule has 1 amide bonds. The fourth-order valence-corrected chi connectivity index (χ4v) is 3.54. The SMILES string of the molecule is COc1cc(/C=C/C(=O)N2CCN(c3ccccc3F)CC2)cc2c1OCCO2. The van der Waals surface area contributed by atoms with Crippen molar-refractivity contribution >= 4 is 17.7 Å². The Balaban J connectivity index is 1.40. The van der Waals surface area contributed by atoms with Crippen LogP contribution in [0.3, 0.4) is 0 Å². The minimum absolute atomic E-state index is 0.0768. The zero-order valence-electron chi connectivity index (χ0n) is 16.3. The number of benzene rings is 2. The fraction of sp³-hybridized carbons (Fsp3) is 0.318. The van der Waals surface area contributed by atoms with Gasteiger partial charge in [0.25, 0.3) is 0 Å². The molecule has 2 heterocycles. The molecular weight excluding hydrogens is 375 g/mol. The van der Waals surface area contributed by atoms with Gasteiger partial charge in [0, 0.05) is 32.3 Å². The van der Waals surface area contributed by atoms with Crippen LogP contribution in [0.4, 0.5) is 10.1 Å². The second kappa shape index (κ2) is 8.43. The zero-order valence-corrected chi connectivity index (χ0v) is 16.3. The Bertz CT molecular complexity index is 906. The molecule has 0 saturated carbocycles. The van der Waals surface area contributed by atoms with Gasteiger partial charge in [-0.15, -0.1) is 0 Å². The molecule has 2 aromatic rings. The molecule has 7 heteroatoms. The third kappa shape index (κ3) is 4.13. The fourth-order valence-electron chi connectivity index (χ4n) is 3.54. The Kier molecular flexibility index (Phi) is 5.55. The largest absolute Gasteiger partial charge is 0.493 e. The van der Waals surface area contributed by atoms with E-state index in [9.17, 15) is 9.18 Å². The number of methoxy groups -OCH3 is 1. The van der Waals surface area contributed by atoms with E-state index in [1.165, 1.54) is 6.07 Å². The summed E-state index contributed by atoms with van der Waals surface area (Å²) in [5.41, 5.74) is 1.38. The van der Waals surface area contributed by atoms with Crippen LogP contribution in [0.2, 0.25) is 0 Å². The number of para-hydroxylation sites is 1. The number of halogens is 1. The van der Waals surface area contributed by atoms with E-state index in [-0.39, 0.29) is 11.7 Å². The molecule has 0 unspecified atom stereocenters. The maximum absolute atomic E-state index is 14.0. The van der Waals surface area contributed by atoms with Gasteiger partial charge >= 0.3 is 0 Å². The van der Waals surface area contributed by atoms with Gasteiger partial charge in [0.1, 0.15) is 19.0 Å². The first-order valence-corrected chi connectivity index (χ1v) is 9.60.